The molecule has 12 nitrogen and oxygen atoms in total. The number of furan rings is 1. The first-order valence-electron chi connectivity index (χ1n) is 11.1. The van der Waals surface area contributed by atoms with Crippen molar-refractivity contribution in [2.24, 2.45) is 0 Å². The van der Waals surface area contributed by atoms with E-state index in [1.54, 1.807) is 30.3 Å². The van der Waals surface area contributed by atoms with Crippen LogP contribution in [0.4, 0.5) is 22.7 Å². The number of benzene rings is 2. The van der Waals surface area contributed by atoms with Crippen molar-refractivity contribution in [1.82, 2.24) is 5.32 Å². The summed E-state index contributed by atoms with van der Waals surface area (Å²) in [6.07, 6.45) is 1.39. The number of hydrogen-bond donors (Lipinski definition) is 3. The maximum absolute atomic E-state index is 12.8. The second-order valence-electron chi connectivity index (χ2n) is 7.81. The minimum Gasteiger partial charge on any atom is -0.495 e. The quantitative estimate of drug-likeness (QED) is 0.238. The molecule has 13 heteroatoms. The van der Waals surface area contributed by atoms with Gasteiger partial charge < -0.3 is 29.4 Å². The van der Waals surface area contributed by atoms with Gasteiger partial charge in [-0.25, -0.2) is 0 Å². The fourth-order valence-electron chi connectivity index (χ4n) is 3.70. The van der Waals surface area contributed by atoms with Gasteiger partial charge in [-0.2, -0.15) is 0 Å². The molecule has 1 aromatic heterocycles. The minimum atomic E-state index is -0.629. The summed E-state index contributed by atoms with van der Waals surface area (Å²) in [6.45, 7) is 1.97. The van der Waals surface area contributed by atoms with Crippen LogP contribution in [-0.4, -0.2) is 55.3 Å². The van der Waals surface area contributed by atoms with Gasteiger partial charge in [0.2, 0.25) is 0 Å². The van der Waals surface area contributed by atoms with E-state index in [2.05, 4.69) is 16.0 Å². The zero-order chi connectivity index (χ0) is 26.4. The summed E-state index contributed by atoms with van der Waals surface area (Å²) in [5.41, 5.74) is 1.10. The Bertz CT molecular complexity index is 1320. The molecular formula is C24H23N5O7S. The van der Waals surface area contributed by atoms with Crippen molar-refractivity contribution in [3.8, 4) is 5.75 Å². The van der Waals surface area contributed by atoms with Crippen molar-refractivity contribution in [3.05, 3.63) is 76.2 Å². The van der Waals surface area contributed by atoms with E-state index in [0.29, 0.717) is 49.1 Å². The van der Waals surface area contributed by atoms with Gasteiger partial charge in [0.15, 0.2) is 10.9 Å². The van der Waals surface area contributed by atoms with Crippen molar-refractivity contribution in [2.45, 2.75) is 0 Å². The van der Waals surface area contributed by atoms with Crippen molar-refractivity contribution in [3.63, 3.8) is 0 Å². The van der Waals surface area contributed by atoms with Crippen molar-refractivity contribution < 1.29 is 28.4 Å². The molecule has 37 heavy (non-hydrogen) atoms. The summed E-state index contributed by atoms with van der Waals surface area (Å²) >= 11 is 5.27. The third-order valence-electron chi connectivity index (χ3n) is 5.46. The second kappa shape index (κ2) is 11.5. The third-order valence-corrected chi connectivity index (χ3v) is 5.67. The van der Waals surface area contributed by atoms with Crippen LogP contribution >= 0.6 is 12.2 Å². The summed E-state index contributed by atoms with van der Waals surface area (Å²) in [7, 11) is 1.46. The largest absolute Gasteiger partial charge is 0.495 e. The number of methoxy groups -OCH3 is 1. The van der Waals surface area contributed by atoms with Gasteiger partial charge in [-0.1, -0.05) is 0 Å². The molecule has 1 fully saturated rings. The van der Waals surface area contributed by atoms with E-state index in [9.17, 15) is 19.7 Å². The van der Waals surface area contributed by atoms with Gasteiger partial charge >= 0.3 is 0 Å². The first-order chi connectivity index (χ1) is 17.9. The van der Waals surface area contributed by atoms with Crippen molar-refractivity contribution in [2.75, 3.05) is 48.9 Å². The molecule has 3 aromatic rings. The number of nitro groups is 1. The number of nitrogens with zero attached hydrogens (tertiary/aromatic N) is 2. The highest BCUT2D eigenvalue weighted by Gasteiger charge is 2.24. The van der Waals surface area contributed by atoms with Crippen LogP contribution < -0.4 is 25.6 Å². The van der Waals surface area contributed by atoms with Crippen LogP contribution in [0.5, 0.6) is 5.75 Å². The van der Waals surface area contributed by atoms with E-state index >= 15 is 0 Å². The lowest BCUT2D eigenvalue weighted by Gasteiger charge is -2.28. The molecule has 1 aliphatic heterocycles. The van der Waals surface area contributed by atoms with Crippen molar-refractivity contribution >= 4 is 51.9 Å². The molecule has 0 atom stereocenters. The predicted molar refractivity (Wildman–Crippen MR) is 139 cm³/mol. The average Bonchev–Trinajstić information content (AvgIpc) is 3.44. The molecule has 2 heterocycles. The molecule has 0 radical (unpaired) electrons. The van der Waals surface area contributed by atoms with Crippen LogP contribution in [0.15, 0.2) is 59.2 Å². The highest BCUT2D eigenvalue weighted by atomic mass is 32.1. The van der Waals surface area contributed by atoms with E-state index in [1.165, 1.54) is 31.6 Å². The van der Waals surface area contributed by atoms with Crippen LogP contribution in [0.2, 0.25) is 0 Å². The number of amides is 2. The van der Waals surface area contributed by atoms with Crippen LogP contribution in [-0.2, 0) is 4.74 Å². The molecule has 192 valence electrons. The predicted octanol–water partition coefficient (Wildman–Crippen LogP) is 3.41. The summed E-state index contributed by atoms with van der Waals surface area (Å²) in [4.78, 5) is 38.1. The Morgan fingerprint density at radius 3 is 2.54 bits per heavy atom. The fourth-order valence-corrected chi connectivity index (χ4v) is 3.90. The lowest BCUT2D eigenvalue weighted by atomic mass is 10.1. The maximum Gasteiger partial charge on any atom is 0.293 e. The van der Waals surface area contributed by atoms with Crippen LogP contribution in [0.1, 0.15) is 20.9 Å². The second-order valence-corrected chi connectivity index (χ2v) is 8.22. The molecule has 0 aliphatic carbocycles. The minimum absolute atomic E-state index is 0.0688. The van der Waals surface area contributed by atoms with Crippen LogP contribution in [0.3, 0.4) is 0 Å². The zero-order valence-corrected chi connectivity index (χ0v) is 20.5. The van der Waals surface area contributed by atoms with E-state index in [4.69, 9.17) is 26.1 Å². The molecular weight excluding hydrogens is 502 g/mol. The Balaban J connectivity index is 1.46. The summed E-state index contributed by atoms with van der Waals surface area (Å²) < 4.78 is 15.7. The third kappa shape index (κ3) is 6.20. The van der Waals surface area contributed by atoms with E-state index in [-0.39, 0.29) is 22.1 Å². The first kappa shape index (κ1) is 25.6. The van der Waals surface area contributed by atoms with Gasteiger partial charge in [-0.05, 0) is 54.7 Å². The molecule has 2 amide bonds. The zero-order valence-electron chi connectivity index (χ0n) is 19.7. The van der Waals surface area contributed by atoms with E-state index in [0.717, 1.165) is 0 Å². The summed E-state index contributed by atoms with van der Waals surface area (Å²) in [5.74, 6) is -0.533. The smallest absolute Gasteiger partial charge is 0.293 e. The number of anilines is 3. The molecule has 1 aliphatic rings. The number of rotatable bonds is 7. The number of hydrogen-bond acceptors (Lipinski definition) is 9. The number of carbonyl (C=O) groups excluding carboxylic acids is 2. The van der Waals surface area contributed by atoms with Gasteiger partial charge in [0.1, 0.15) is 11.4 Å². The first-order valence-corrected chi connectivity index (χ1v) is 11.5. The normalized spacial score (nSPS) is 12.9. The van der Waals surface area contributed by atoms with Crippen LogP contribution in [0.25, 0.3) is 0 Å². The van der Waals surface area contributed by atoms with Crippen molar-refractivity contribution in [1.29, 1.82) is 0 Å². The number of nitrogens with one attached hydrogen (secondary N) is 3. The lowest BCUT2D eigenvalue weighted by Crippen LogP contribution is -2.37. The number of carbonyl (C=O) groups is 2. The van der Waals surface area contributed by atoms with Gasteiger partial charge in [0.25, 0.3) is 17.5 Å². The Hall–Kier alpha value is -4.49. The van der Waals surface area contributed by atoms with E-state index in [1.807, 2.05) is 4.90 Å². The molecule has 4 rings (SSSR count). The van der Waals surface area contributed by atoms with Gasteiger partial charge in [0, 0.05) is 30.4 Å². The Morgan fingerprint density at radius 2 is 1.86 bits per heavy atom. The van der Waals surface area contributed by atoms with Gasteiger partial charge in [0.05, 0.1) is 37.2 Å². The molecule has 0 spiro atoms. The molecule has 0 unspecified atom stereocenters. The monoisotopic (exact) mass is 525 g/mol. The van der Waals surface area contributed by atoms with E-state index < -0.39 is 16.7 Å². The number of ether oxygens (including phenoxy) is 2. The fraction of sp³-hybridized carbons (Fsp3) is 0.208. The highest BCUT2D eigenvalue weighted by Crippen LogP contribution is 2.30. The SMILES string of the molecule is COc1ccc(NC(=O)c2ccco2)cc1NC(=S)NC(=O)c1ccc(N2CCOCC2)c([N+](=O)[O-])c1. The number of thiocarbonyl (C=S) groups is 1. The Morgan fingerprint density at radius 1 is 1.08 bits per heavy atom. The standard InChI is InChI=1S/C24H23N5O7S/c1-34-20-7-5-16(25-23(31)21-3-2-10-36-21)14-17(20)26-24(37)27-22(30)15-4-6-18(19(13-15)29(32)33)28-8-11-35-12-9-28/h2-7,10,13-14H,8-9,11-12H2,1H3,(H,25,31)(H2,26,27,30,37). The Labute approximate surface area is 216 Å². The Kier molecular flexibility index (Phi) is 7.95. The molecule has 0 bridgehead atoms. The highest BCUT2D eigenvalue weighted by molar-refractivity contribution is 7.80. The molecule has 0 saturated carbocycles. The summed E-state index contributed by atoms with van der Waals surface area (Å²) in [6, 6.07) is 12.2. The number of nitro benzene ring substituents is 1. The van der Waals surface area contributed by atoms with Crippen LogP contribution in [0, 0.1) is 10.1 Å². The summed E-state index contributed by atoms with van der Waals surface area (Å²) in [5, 5.41) is 19.7. The topological polar surface area (TPSA) is 148 Å². The molecule has 2 aromatic carbocycles. The average molecular weight is 526 g/mol. The molecule has 1 saturated heterocycles. The lowest BCUT2D eigenvalue weighted by molar-refractivity contribution is -0.384. The maximum atomic E-state index is 12.8. The number of morpholine rings is 1. The molecule has 3 N–H and O–H groups in total. The van der Waals surface area contributed by atoms with Gasteiger partial charge in [-0.15, -0.1) is 0 Å². The van der Waals surface area contributed by atoms with Gasteiger partial charge in [-0.3, -0.25) is 25.0 Å².